The molecule has 0 spiro atoms. The third kappa shape index (κ3) is 4.35. The number of nitriles is 2. The van der Waals surface area contributed by atoms with E-state index in [4.69, 9.17) is 10.5 Å². The first-order chi connectivity index (χ1) is 13.0. The first kappa shape index (κ1) is 19.1. The van der Waals surface area contributed by atoms with Crippen LogP contribution in [0.2, 0.25) is 0 Å². The fourth-order valence-electron chi connectivity index (χ4n) is 3.86. The molecule has 8 heteroatoms. The van der Waals surface area contributed by atoms with Gasteiger partial charge in [0.25, 0.3) is 0 Å². The molecule has 0 aromatic carbocycles. The quantitative estimate of drug-likeness (QED) is 0.841. The summed E-state index contributed by atoms with van der Waals surface area (Å²) in [7, 11) is 1.98. The summed E-state index contributed by atoms with van der Waals surface area (Å²) in [5, 5.41) is 21.2. The van der Waals surface area contributed by atoms with Gasteiger partial charge >= 0.3 is 0 Å². The van der Waals surface area contributed by atoms with Crippen LogP contribution in [-0.2, 0) is 4.79 Å². The molecular formula is C19H23FN6O. The molecule has 7 nitrogen and oxygen atoms in total. The lowest BCUT2D eigenvalue weighted by Gasteiger charge is -2.26. The predicted octanol–water partition coefficient (Wildman–Crippen LogP) is 1.36. The van der Waals surface area contributed by atoms with Crippen LogP contribution in [0.5, 0.6) is 0 Å². The van der Waals surface area contributed by atoms with Gasteiger partial charge in [0.2, 0.25) is 5.91 Å². The van der Waals surface area contributed by atoms with Crippen molar-refractivity contribution in [3.05, 3.63) is 23.9 Å². The Morgan fingerprint density at radius 2 is 2.22 bits per heavy atom. The van der Waals surface area contributed by atoms with Gasteiger partial charge in [0.15, 0.2) is 0 Å². The molecule has 3 rings (SSSR count). The van der Waals surface area contributed by atoms with Gasteiger partial charge in [-0.1, -0.05) is 0 Å². The van der Waals surface area contributed by atoms with Crippen LogP contribution in [-0.4, -0.2) is 60.2 Å². The summed E-state index contributed by atoms with van der Waals surface area (Å²) >= 11 is 0. The summed E-state index contributed by atoms with van der Waals surface area (Å²) in [5.74, 6) is 0.603. The molecule has 4 atom stereocenters. The van der Waals surface area contributed by atoms with Crippen LogP contribution in [0.1, 0.15) is 31.2 Å². The molecule has 1 N–H and O–H groups in total. The van der Waals surface area contributed by atoms with Crippen LogP contribution in [0.4, 0.5) is 10.2 Å². The highest BCUT2D eigenvalue weighted by Crippen LogP contribution is 2.26. The molecule has 1 saturated heterocycles. The Kier molecular flexibility index (Phi) is 5.88. The van der Waals surface area contributed by atoms with Gasteiger partial charge in [-0.25, -0.2) is 9.37 Å². The van der Waals surface area contributed by atoms with Crippen molar-refractivity contribution in [2.75, 3.05) is 25.0 Å². The van der Waals surface area contributed by atoms with E-state index in [1.807, 2.05) is 19.2 Å². The molecular weight excluding hydrogens is 347 g/mol. The molecule has 142 valence electrons. The molecule has 1 aromatic rings. The summed E-state index contributed by atoms with van der Waals surface area (Å²) in [4.78, 5) is 20.1. The Morgan fingerprint density at radius 3 is 2.89 bits per heavy atom. The van der Waals surface area contributed by atoms with Crippen molar-refractivity contribution in [1.82, 2.24) is 15.2 Å². The minimum atomic E-state index is -1.11. The number of nitrogens with zero attached hydrogens (tertiary/aromatic N) is 5. The van der Waals surface area contributed by atoms with Crippen LogP contribution >= 0.6 is 0 Å². The van der Waals surface area contributed by atoms with Gasteiger partial charge in [-0.15, -0.1) is 0 Å². The maximum absolute atomic E-state index is 13.5. The highest BCUT2D eigenvalue weighted by Gasteiger charge is 2.36. The summed E-state index contributed by atoms with van der Waals surface area (Å²) in [6.45, 7) is 0.139. The first-order valence-electron chi connectivity index (χ1n) is 9.17. The zero-order valence-corrected chi connectivity index (χ0v) is 15.3. The third-order valence-electron chi connectivity index (χ3n) is 5.45. The number of halogens is 1. The molecule has 0 radical (unpaired) electrons. The monoisotopic (exact) mass is 370 g/mol. The fraction of sp³-hybridized carbons (Fsp3) is 0.579. The topological polar surface area (TPSA) is 96.1 Å². The number of hydrogen-bond donors (Lipinski definition) is 1. The van der Waals surface area contributed by atoms with E-state index < -0.39 is 12.2 Å². The van der Waals surface area contributed by atoms with Gasteiger partial charge in [0.05, 0.1) is 24.7 Å². The van der Waals surface area contributed by atoms with Crippen LogP contribution in [0, 0.1) is 22.7 Å². The van der Waals surface area contributed by atoms with E-state index in [9.17, 15) is 9.18 Å². The number of anilines is 1. The molecule has 2 aliphatic rings. The molecule has 1 aliphatic carbocycles. The predicted molar refractivity (Wildman–Crippen MR) is 97.4 cm³/mol. The Balaban J connectivity index is 1.49. The van der Waals surface area contributed by atoms with Gasteiger partial charge in [0.1, 0.15) is 24.1 Å². The second-order valence-electron chi connectivity index (χ2n) is 7.20. The zero-order valence-electron chi connectivity index (χ0n) is 15.3. The van der Waals surface area contributed by atoms with Crippen LogP contribution in [0.15, 0.2) is 18.3 Å². The van der Waals surface area contributed by atoms with Crippen molar-refractivity contribution in [2.24, 2.45) is 0 Å². The van der Waals surface area contributed by atoms with E-state index >= 15 is 0 Å². The maximum atomic E-state index is 13.5. The second kappa shape index (κ2) is 8.32. The summed E-state index contributed by atoms with van der Waals surface area (Å²) in [6.07, 6.45) is 3.35. The minimum Gasteiger partial charge on any atom is -0.357 e. The standard InChI is InChI=1S/C19H23FN6O/c1-25(18-5-2-13(8-21)10-24-18)16-4-3-15(7-16)23-11-19(27)26-12-14(20)6-17(26)9-22/h2,5,10,14-17,23H,3-4,6-7,11-12H2,1H3/t14-,15+,16-,17-/m0/s1. The number of hydrogen-bond acceptors (Lipinski definition) is 6. The van der Waals surface area contributed by atoms with Crippen LogP contribution in [0.3, 0.4) is 0 Å². The summed E-state index contributed by atoms with van der Waals surface area (Å²) in [6, 6.07) is 7.50. The second-order valence-corrected chi connectivity index (χ2v) is 7.20. The van der Waals surface area contributed by atoms with Crippen molar-refractivity contribution in [3.63, 3.8) is 0 Å². The molecule has 1 aromatic heterocycles. The number of nitrogens with one attached hydrogen (secondary N) is 1. The Hall–Kier alpha value is -2.71. The molecule has 0 bridgehead atoms. The average Bonchev–Trinajstić information content (AvgIpc) is 3.32. The molecule has 0 unspecified atom stereocenters. The van der Waals surface area contributed by atoms with Gasteiger partial charge in [-0.2, -0.15) is 10.5 Å². The lowest BCUT2D eigenvalue weighted by Crippen LogP contribution is -2.43. The van der Waals surface area contributed by atoms with Gasteiger partial charge < -0.3 is 15.1 Å². The van der Waals surface area contributed by atoms with Gasteiger partial charge in [0, 0.05) is 31.7 Å². The fourth-order valence-corrected chi connectivity index (χ4v) is 3.86. The van der Waals surface area contributed by atoms with E-state index in [0.29, 0.717) is 11.6 Å². The molecule has 1 saturated carbocycles. The van der Waals surface area contributed by atoms with Crippen molar-refractivity contribution < 1.29 is 9.18 Å². The molecule has 1 amide bonds. The smallest absolute Gasteiger partial charge is 0.237 e. The Bertz CT molecular complexity index is 755. The normalized spacial score (nSPS) is 27.2. The number of carbonyl (C=O) groups is 1. The van der Waals surface area contributed by atoms with Gasteiger partial charge in [-0.3, -0.25) is 4.79 Å². The SMILES string of the molecule is CN(c1ccc(C#N)cn1)[C@H]1CC[C@@H](NCC(=O)N2C[C@@H](F)C[C@H]2C#N)C1. The van der Waals surface area contributed by atoms with Crippen molar-refractivity contribution in [2.45, 2.75) is 50.0 Å². The summed E-state index contributed by atoms with van der Waals surface area (Å²) in [5.41, 5.74) is 0.532. The lowest BCUT2D eigenvalue weighted by molar-refractivity contribution is -0.130. The molecule has 27 heavy (non-hydrogen) atoms. The van der Waals surface area contributed by atoms with E-state index in [1.165, 1.54) is 4.90 Å². The first-order valence-corrected chi connectivity index (χ1v) is 9.17. The van der Waals surface area contributed by atoms with E-state index in [2.05, 4.69) is 21.3 Å². The number of likely N-dealkylation sites (tertiary alicyclic amines) is 1. The molecule has 2 heterocycles. The number of amides is 1. The van der Waals surface area contributed by atoms with Crippen molar-refractivity contribution in [1.29, 1.82) is 10.5 Å². The Morgan fingerprint density at radius 1 is 1.41 bits per heavy atom. The number of aromatic nitrogens is 1. The van der Waals surface area contributed by atoms with E-state index in [0.717, 1.165) is 25.1 Å². The van der Waals surface area contributed by atoms with Gasteiger partial charge in [-0.05, 0) is 31.4 Å². The van der Waals surface area contributed by atoms with Crippen molar-refractivity contribution >= 4 is 11.7 Å². The average molecular weight is 370 g/mol. The number of carbonyl (C=O) groups excluding carboxylic acids is 1. The van der Waals surface area contributed by atoms with E-state index in [1.54, 1.807) is 12.3 Å². The van der Waals surface area contributed by atoms with Crippen molar-refractivity contribution in [3.8, 4) is 12.1 Å². The number of alkyl halides is 1. The lowest BCUT2D eigenvalue weighted by atomic mass is 10.2. The number of pyridine rings is 1. The molecule has 2 fully saturated rings. The number of rotatable bonds is 5. The minimum absolute atomic E-state index is 0.0130. The maximum Gasteiger partial charge on any atom is 0.237 e. The Labute approximate surface area is 158 Å². The highest BCUT2D eigenvalue weighted by molar-refractivity contribution is 5.79. The summed E-state index contributed by atoms with van der Waals surface area (Å²) < 4.78 is 13.5. The largest absolute Gasteiger partial charge is 0.357 e. The third-order valence-corrected chi connectivity index (χ3v) is 5.45. The van der Waals surface area contributed by atoms with E-state index in [-0.39, 0.29) is 31.5 Å². The molecule has 1 aliphatic heterocycles. The van der Waals surface area contributed by atoms with Crippen LogP contribution in [0.25, 0.3) is 0 Å². The zero-order chi connectivity index (χ0) is 19.4. The van der Waals surface area contributed by atoms with Crippen LogP contribution < -0.4 is 10.2 Å². The highest BCUT2D eigenvalue weighted by atomic mass is 19.1.